The number of hydrogen-bond donors (Lipinski definition) is 1. The number of benzene rings is 1. The van der Waals surface area contributed by atoms with Gasteiger partial charge in [-0.3, -0.25) is 14.7 Å². The van der Waals surface area contributed by atoms with Gasteiger partial charge in [-0.15, -0.1) is 5.10 Å². The minimum Gasteiger partial charge on any atom is -0.501 e. The van der Waals surface area contributed by atoms with E-state index in [1.165, 1.54) is 7.05 Å². The molecule has 7 nitrogen and oxygen atoms in total. The molecule has 0 radical (unpaired) electrons. The zero-order chi connectivity index (χ0) is 17.7. The van der Waals surface area contributed by atoms with Crippen LogP contribution in [0.15, 0.2) is 6.07 Å². The van der Waals surface area contributed by atoms with Gasteiger partial charge in [-0.25, -0.2) is 4.68 Å². The van der Waals surface area contributed by atoms with Crippen molar-refractivity contribution in [1.29, 1.82) is 0 Å². The van der Waals surface area contributed by atoms with Crippen LogP contribution in [0.25, 0.3) is 5.69 Å². The van der Waals surface area contributed by atoms with E-state index >= 15 is 0 Å². The summed E-state index contributed by atoms with van der Waals surface area (Å²) in [5.41, 5.74) is -1.56. The largest absolute Gasteiger partial charge is 0.501 e. The Morgan fingerprint density at radius 2 is 2.00 bits per heavy atom. The lowest BCUT2D eigenvalue weighted by Crippen LogP contribution is -2.14. The van der Waals surface area contributed by atoms with Gasteiger partial charge in [0.05, 0.1) is 15.6 Å². The molecule has 0 saturated carbocycles. The van der Waals surface area contributed by atoms with Gasteiger partial charge in [0.1, 0.15) is 5.02 Å². The normalized spacial score (nSPS) is 11.7. The summed E-state index contributed by atoms with van der Waals surface area (Å²) in [6, 6.07) is 0.832. The number of nitrogens with zero attached hydrogens (tertiary/aromatic N) is 4. The van der Waals surface area contributed by atoms with Crippen LogP contribution in [0, 0.1) is 14.9 Å². The van der Waals surface area contributed by atoms with Crippen LogP contribution in [0.1, 0.15) is 5.82 Å². The smallest absolute Gasteiger partial charge is 0.452 e. The van der Waals surface area contributed by atoms with Crippen molar-refractivity contribution in [3.63, 3.8) is 0 Å². The fraction of sp³-hybridized carbons (Fsp3) is 0.200. The van der Waals surface area contributed by atoms with Gasteiger partial charge in [0.2, 0.25) is 16.3 Å². The maximum Gasteiger partial charge on any atom is 0.452 e. The highest BCUT2D eigenvalue weighted by Gasteiger charge is 2.40. The number of halogens is 5. The van der Waals surface area contributed by atoms with E-state index < -0.39 is 48.9 Å². The number of aromatic nitrogens is 3. The quantitative estimate of drug-likeness (QED) is 0.479. The topological polar surface area (TPSA) is 86.1 Å². The number of phenolic OH excluding ortho intramolecular Hbond substituents is 1. The van der Waals surface area contributed by atoms with Crippen molar-refractivity contribution < 1.29 is 23.2 Å². The maximum absolute atomic E-state index is 13.1. The van der Waals surface area contributed by atoms with Crippen molar-refractivity contribution in [3.8, 4) is 11.4 Å². The Bertz CT molecular complexity index is 878. The second kappa shape index (κ2) is 5.65. The number of aromatic hydroxyl groups is 1. The van der Waals surface area contributed by atoms with Crippen molar-refractivity contribution in [2.75, 3.05) is 0 Å². The summed E-state index contributed by atoms with van der Waals surface area (Å²) in [6.07, 6.45) is -4.91. The van der Waals surface area contributed by atoms with E-state index in [9.17, 15) is 28.4 Å². The molecule has 1 aromatic carbocycles. The van der Waals surface area contributed by atoms with Crippen LogP contribution in [0.4, 0.5) is 18.9 Å². The van der Waals surface area contributed by atoms with Crippen LogP contribution in [0.3, 0.4) is 0 Å². The molecule has 0 fully saturated rings. The first-order valence-electron chi connectivity index (χ1n) is 5.55. The highest BCUT2D eigenvalue weighted by atomic mass is 35.5. The van der Waals surface area contributed by atoms with Crippen molar-refractivity contribution >= 4 is 41.1 Å². The second-order valence-corrected chi connectivity index (χ2v) is 5.36. The van der Waals surface area contributed by atoms with Crippen LogP contribution >= 0.6 is 35.4 Å². The van der Waals surface area contributed by atoms with Crippen molar-refractivity contribution in [1.82, 2.24) is 14.3 Å². The lowest BCUT2D eigenvalue weighted by molar-refractivity contribution is -0.385. The van der Waals surface area contributed by atoms with E-state index in [1.54, 1.807) is 0 Å². The van der Waals surface area contributed by atoms with Gasteiger partial charge in [0.15, 0.2) is 0 Å². The third-order valence-corrected chi connectivity index (χ3v) is 3.86. The molecular formula is C10H5Cl2F3N4O3S. The number of aryl methyl sites for hydroxylation is 1. The average Bonchev–Trinajstić information content (AvgIpc) is 2.70. The van der Waals surface area contributed by atoms with E-state index in [2.05, 4.69) is 5.10 Å². The number of alkyl halides is 3. The standard InChI is InChI=1S/C10H5Cl2F3N4O3S/c1-17-9(23)18(8(16-17)10(13,14)15)4-2-3(11)7(20)6(5(4)12)19(21)22/h2,20H,1H3. The fourth-order valence-electron chi connectivity index (χ4n) is 1.78. The van der Waals surface area contributed by atoms with Gasteiger partial charge < -0.3 is 5.11 Å². The SMILES string of the molecule is Cn1nc(C(F)(F)F)n(-c2cc(Cl)c(O)c([N+](=O)[O-])c2Cl)c1=S. The number of phenols is 1. The van der Waals surface area contributed by atoms with Crippen LogP contribution < -0.4 is 0 Å². The predicted octanol–water partition coefficient (Wildman–Crippen LogP) is 3.88. The molecule has 1 N–H and O–H groups in total. The minimum atomic E-state index is -4.91. The second-order valence-electron chi connectivity index (χ2n) is 4.21. The Labute approximate surface area is 140 Å². The van der Waals surface area contributed by atoms with E-state index in [4.69, 9.17) is 35.4 Å². The molecule has 0 aliphatic rings. The van der Waals surface area contributed by atoms with Crippen molar-refractivity contribution in [2.45, 2.75) is 6.18 Å². The first-order chi connectivity index (χ1) is 10.5. The van der Waals surface area contributed by atoms with E-state index in [0.717, 1.165) is 10.7 Å². The van der Waals surface area contributed by atoms with Crippen LogP contribution in [-0.2, 0) is 13.2 Å². The molecule has 0 bridgehead atoms. The zero-order valence-electron chi connectivity index (χ0n) is 10.9. The molecule has 124 valence electrons. The molecular weight excluding hydrogens is 384 g/mol. The molecule has 1 heterocycles. The molecule has 2 aromatic rings. The Hall–Kier alpha value is -1.85. The summed E-state index contributed by atoms with van der Waals surface area (Å²) in [6.45, 7) is 0. The maximum atomic E-state index is 13.1. The number of rotatable bonds is 2. The molecule has 13 heteroatoms. The van der Waals surface area contributed by atoms with Crippen LogP contribution in [0.2, 0.25) is 10.0 Å². The summed E-state index contributed by atoms with van der Waals surface area (Å²) in [7, 11) is 1.17. The first-order valence-corrected chi connectivity index (χ1v) is 6.72. The molecule has 0 amide bonds. The van der Waals surface area contributed by atoms with Gasteiger partial charge in [-0.05, 0) is 18.3 Å². The predicted molar refractivity (Wildman–Crippen MR) is 76.7 cm³/mol. The molecule has 23 heavy (non-hydrogen) atoms. The summed E-state index contributed by atoms with van der Waals surface area (Å²) < 4.78 is 40.0. The molecule has 1 aromatic heterocycles. The zero-order valence-corrected chi connectivity index (χ0v) is 13.3. The molecule has 2 rings (SSSR count). The summed E-state index contributed by atoms with van der Waals surface area (Å²) in [5, 5.41) is 22.5. The highest BCUT2D eigenvalue weighted by Crippen LogP contribution is 2.44. The molecule has 0 spiro atoms. The first kappa shape index (κ1) is 17.5. The summed E-state index contributed by atoms with van der Waals surface area (Å²) in [5.74, 6) is -2.41. The van der Waals surface area contributed by atoms with Gasteiger partial charge in [-0.1, -0.05) is 23.2 Å². The lowest BCUT2D eigenvalue weighted by Gasteiger charge is -2.12. The van der Waals surface area contributed by atoms with Gasteiger partial charge >= 0.3 is 11.9 Å². The van der Waals surface area contributed by atoms with Crippen molar-refractivity contribution in [2.24, 2.45) is 7.05 Å². The number of nitro benzene ring substituents is 1. The monoisotopic (exact) mass is 388 g/mol. The minimum absolute atomic E-state index is 0.399. The number of hydrogen-bond acceptors (Lipinski definition) is 5. The Morgan fingerprint density at radius 1 is 1.43 bits per heavy atom. The van der Waals surface area contributed by atoms with E-state index in [0.29, 0.717) is 4.57 Å². The molecule has 0 unspecified atom stereocenters. The molecule has 0 saturated heterocycles. The average molecular weight is 389 g/mol. The van der Waals surface area contributed by atoms with Gasteiger partial charge in [0.25, 0.3) is 0 Å². The summed E-state index contributed by atoms with van der Waals surface area (Å²) in [4.78, 5) is 9.91. The van der Waals surface area contributed by atoms with E-state index in [1.807, 2.05) is 0 Å². The fourth-order valence-corrected chi connectivity index (χ4v) is 2.50. The highest BCUT2D eigenvalue weighted by molar-refractivity contribution is 7.71. The van der Waals surface area contributed by atoms with Crippen LogP contribution in [-0.4, -0.2) is 24.4 Å². The van der Waals surface area contributed by atoms with E-state index in [-0.39, 0.29) is 0 Å². The van der Waals surface area contributed by atoms with Gasteiger partial charge in [0, 0.05) is 7.05 Å². The summed E-state index contributed by atoms with van der Waals surface area (Å²) >= 11 is 16.3. The van der Waals surface area contributed by atoms with Crippen LogP contribution in [0.5, 0.6) is 5.75 Å². The Kier molecular flexibility index (Phi) is 4.30. The van der Waals surface area contributed by atoms with Crippen molar-refractivity contribution in [3.05, 3.63) is 36.8 Å². The third kappa shape index (κ3) is 2.86. The molecule has 0 aliphatic heterocycles. The van der Waals surface area contributed by atoms with Gasteiger partial charge in [-0.2, -0.15) is 13.2 Å². The third-order valence-electron chi connectivity index (χ3n) is 2.75. The number of nitro groups is 1. The Balaban J connectivity index is 2.95. The molecule has 0 aliphatic carbocycles. The lowest BCUT2D eigenvalue weighted by atomic mass is 10.2. The molecule has 0 atom stereocenters. The Morgan fingerprint density at radius 3 is 2.48 bits per heavy atom.